The van der Waals surface area contributed by atoms with E-state index in [4.69, 9.17) is 15.5 Å². The van der Waals surface area contributed by atoms with Crippen LogP contribution in [0.3, 0.4) is 0 Å². The predicted octanol–water partition coefficient (Wildman–Crippen LogP) is 3.69. The van der Waals surface area contributed by atoms with Crippen molar-refractivity contribution in [2.45, 2.75) is 31.7 Å². The average Bonchev–Trinajstić information content (AvgIpc) is 3.69. The Morgan fingerprint density at radius 2 is 1.89 bits per heavy atom. The summed E-state index contributed by atoms with van der Waals surface area (Å²) >= 11 is 0. The molecule has 0 spiro atoms. The number of fused-ring (bicyclic) bond motifs is 2. The lowest BCUT2D eigenvalue weighted by molar-refractivity contribution is -0.122. The smallest absolute Gasteiger partial charge is 0.223 e. The van der Waals surface area contributed by atoms with Crippen LogP contribution in [-0.2, 0) is 11.2 Å². The number of hydrogen-bond acceptors (Lipinski definition) is 7. The molecule has 1 unspecified atom stereocenters. The molecule has 3 aromatic rings. The Morgan fingerprint density at radius 3 is 2.66 bits per heavy atom. The van der Waals surface area contributed by atoms with Crippen molar-refractivity contribution < 1.29 is 9.53 Å². The maximum absolute atomic E-state index is 12.3. The molecule has 0 radical (unpaired) electrons. The van der Waals surface area contributed by atoms with Crippen LogP contribution in [0.4, 0.5) is 5.82 Å². The summed E-state index contributed by atoms with van der Waals surface area (Å²) in [6.07, 6.45) is 13.8. The van der Waals surface area contributed by atoms with Crippen molar-refractivity contribution in [3.8, 4) is 16.9 Å². The van der Waals surface area contributed by atoms with Crippen molar-refractivity contribution in [2.24, 2.45) is 23.5 Å². The van der Waals surface area contributed by atoms with Gasteiger partial charge in [-0.1, -0.05) is 30.4 Å². The zero-order valence-electron chi connectivity index (χ0n) is 21.5. The molecule has 4 atom stereocenters. The van der Waals surface area contributed by atoms with Gasteiger partial charge in [-0.2, -0.15) is 0 Å². The lowest BCUT2D eigenvalue weighted by atomic mass is 9.88. The van der Waals surface area contributed by atoms with Gasteiger partial charge in [-0.25, -0.2) is 9.97 Å². The number of pyridine rings is 1. The molecule has 3 heterocycles. The van der Waals surface area contributed by atoms with Crippen molar-refractivity contribution in [1.82, 2.24) is 19.9 Å². The normalized spacial score (nSPS) is 24.1. The second-order valence-corrected chi connectivity index (χ2v) is 10.6. The van der Waals surface area contributed by atoms with Gasteiger partial charge < -0.3 is 15.8 Å². The highest BCUT2D eigenvalue weighted by Crippen LogP contribution is 2.45. The molecule has 3 N–H and O–H groups in total. The van der Waals surface area contributed by atoms with Crippen LogP contribution in [0.1, 0.15) is 30.7 Å². The van der Waals surface area contributed by atoms with Crippen LogP contribution in [0.15, 0.2) is 67.1 Å². The highest BCUT2D eigenvalue weighted by atomic mass is 16.5. The van der Waals surface area contributed by atoms with E-state index in [0.29, 0.717) is 24.7 Å². The number of nitrogens with one attached hydrogen (secondary N) is 1. The predicted molar refractivity (Wildman–Crippen MR) is 147 cm³/mol. The maximum Gasteiger partial charge on any atom is 0.223 e. The molecule has 2 fully saturated rings. The number of anilines is 1. The van der Waals surface area contributed by atoms with Gasteiger partial charge in [-0.05, 0) is 68.0 Å². The molecule has 38 heavy (non-hydrogen) atoms. The molecular formula is C30H34N6O2. The molecule has 1 aromatic carbocycles. The van der Waals surface area contributed by atoms with Gasteiger partial charge in [0.05, 0.1) is 5.92 Å². The van der Waals surface area contributed by atoms with E-state index in [2.05, 4.69) is 44.5 Å². The lowest BCUT2D eigenvalue weighted by Gasteiger charge is -2.28. The molecule has 8 nitrogen and oxygen atoms in total. The molecule has 2 aliphatic carbocycles. The minimum atomic E-state index is -0.265. The third-order valence-corrected chi connectivity index (χ3v) is 8.06. The minimum Gasteiger partial charge on any atom is -0.492 e. The van der Waals surface area contributed by atoms with Gasteiger partial charge >= 0.3 is 0 Å². The molecule has 2 aromatic heterocycles. The quantitative estimate of drug-likeness (QED) is 0.401. The number of aromatic nitrogens is 3. The topological polar surface area (TPSA) is 106 Å². The Morgan fingerprint density at radius 1 is 1.08 bits per heavy atom. The van der Waals surface area contributed by atoms with Crippen molar-refractivity contribution in [1.29, 1.82) is 0 Å². The second kappa shape index (κ2) is 10.9. The van der Waals surface area contributed by atoms with Crippen LogP contribution in [0.2, 0.25) is 0 Å². The van der Waals surface area contributed by atoms with Gasteiger partial charge in [0.15, 0.2) is 0 Å². The number of carbonyl (C=O) groups excluding carboxylic acids is 1. The van der Waals surface area contributed by atoms with E-state index in [-0.39, 0.29) is 29.7 Å². The zero-order chi connectivity index (χ0) is 25.9. The molecule has 1 aliphatic heterocycles. The summed E-state index contributed by atoms with van der Waals surface area (Å²) in [5, 5.41) is 3.60. The maximum atomic E-state index is 12.3. The van der Waals surface area contributed by atoms with E-state index in [1.165, 1.54) is 25.9 Å². The van der Waals surface area contributed by atoms with Gasteiger partial charge in [0.25, 0.3) is 0 Å². The second-order valence-electron chi connectivity index (χ2n) is 10.6. The number of hydrogen-bond donors (Lipinski definition) is 2. The summed E-state index contributed by atoms with van der Waals surface area (Å²) in [5.74, 6) is 2.23. The van der Waals surface area contributed by atoms with Crippen LogP contribution in [0.25, 0.3) is 11.1 Å². The minimum absolute atomic E-state index is 0.0855. The number of benzene rings is 1. The first-order valence-corrected chi connectivity index (χ1v) is 13.6. The van der Waals surface area contributed by atoms with Crippen LogP contribution in [-0.4, -0.2) is 58.0 Å². The summed E-state index contributed by atoms with van der Waals surface area (Å²) in [6.45, 7) is 4.04. The molecule has 1 amide bonds. The van der Waals surface area contributed by atoms with E-state index in [1.807, 2.05) is 30.5 Å². The largest absolute Gasteiger partial charge is 0.492 e. The van der Waals surface area contributed by atoms with Crippen molar-refractivity contribution in [3.63, 3.8) is 0 Å². The summed E-state index contributed by atoms with van der Waals surface area (Å²) < 4.78 is 5.95. The van der Waals surface area contributed by atoms with Crippen molar-refractivity contribution >= 4 is 11.7 Å². The van der Waals surface area contributed by atoms with Gasteiger partial charge in [0.1, 0.15) is 24.0 Å². The molecule has 196 valence electrons. The zero-order valence-corrected chi connectivity index (χ0v) is 21.5. The fourth-order valence-corrected chi connectivity index (χ4v) is 6.10. The SMILES string of the molecule is NC(=O)C1[C@@H]2C=C[C@@H](C2)[C@H]1Nc1nc(Cc2ccc(OCCN3CCCC3)cc2)ncc1-c1cccnc1. The number of nitrogens with zero attached hydrogens (tertiary/aromatic N) is 4. The summed E-state index contributed by atoms with van der Waals surface area (Å²) in [5.41, 5.74) is 8.70. The van der Waals surface area contributed by atoms with E-state index in [1.54, 1.807) is 12.4 Å². The lowest BCUT2D eigenvalue weighted by Crippen LogP contribution is -2.41. The van der Waals surface area contributed by atoms with E-state index >= 15 is 0 Å². The molecule has 1 saturated heterocycles. The van der Waals surface area contributed by atoms with E-state index in [0.717, 1.165) is 35.4 Å². The number of likely N-dealkylation sites (tertiary alicyclic amines) is 1. The first kappa shape index (κ1) is 24.6. The van der Waals surface area contributed by atoms with Crippen LogP contribution >= 0.6 is 0 Å². The van der Waals surface area contributed by atoms with Gasteiger partial charge in [-0.15, -0.1) is 0 Å². The third-order valence-electron chi connectivity index (χ3n) is 8.06. The molecular weight excluding hydrogens is 476 g/mol. The summed E-state index contributed by atoms with van der Waals surface area (Å²) in [6, 6.07) is 12.0. The third kappa shape index (κ3) is 5.27. The van der Waals surface area contributed by atoms with Crippen molar-refractivity contribution in [2.75, 3.05) is 31.6 Å². The highest BCUT2D eigenvalue weighted by molar-refractivity contribution is 5.81. The molecule has 1 saturated carbocycles. The van der Waals surface area contributed by atoms with E-state index in [9.17, 15) is 4.79 Å². The highest BCUT2D eigenvalue weighted by Gasteiger charge is 2.47. The van der Waals surface area contributed by atoms with E-state index < -0.39 is 0 Å². The molecule has 2 bridgehead atoms. The number of amides is 1. The van der Waals surface area contributed by atoms with Crippen LogP contribution in [0, 0.1) is 17.8 Å². The van der Waals surface area contributed by atoms with Gasteiger partial charge in [0.2, 0.25) is 5.91 Å². The van der Waals surface area contributed by atoms with Crippen LogP contribution < -0.4 is 15.8 Å². The number of rotatable bonds is 10. The monoisotopic (exact) mass is 510 g/mol. The Bertz CT molecular complexity index is 1290. The summed E-state index contributed by atoms with van der Waals surface area (Å²) in [4.78, 5) is 28.7. The fourth-order valence-electron chi connectivity index (χ4n) is 6.10. The molecule has 6 rings (SSSR count). The van der Waals surface area contributed by atoms with Crippen LogP contribution in [0.5, 0.6) is 5.75 Å². The summed E-state index contributed by atoms with van der Waals surface area (Å²) in [7, 11) is 0. The first-order valence-electron chi connectivity index (χ1n) is 13.6. The fraction of sp³-hybridized carbons (Fsp3) is 0.400. The number of primary amides is 1. The van der Waals surface area contributed by atoms with Gasteiger partial charge in [0, 0.05) is 48.7 Å². The molecule has 3 aliphatic rings. The Labute approximate surface area is 223 Å². The Hall–Kier alpha value is -3.78. The standard InChI is InChI=1S/C30H34N6O2/c31-29(37)27-21-7-8-22(17-21)28(27)35-30-25(23-4-3-11-32-18-23)19-33-26(34-30)16-20-5-9-24(10-6-20)38-15-14-36-12-1-2-13-36/h3-11,18-19,21-22,27-28H,1-2,12-17H2,(H2,31,37)(H,33,34,35)/t21-,22+,27?,28-/m1/s1. The number of ether oxygens (including phenoxy) is 1. The Balaban J connectivity index is 1.19. The average molecular weight is 511 g/mol. The number of allylic oxidation sites excluding steroid dienone is 1. The van der Waals surface area contributed by atoms with Gasteiger partial charge in [-0.3, -0.25) is 14.7 Å². The number of nitrogens with two attached hydrogens (primary N) is 1. The number of carbonyl (C=O) groups is 1. The Kier molecular flexibility index (Phi) is 7.05. The van der Waals surface area contributed by atoms with Crippen molar-refractivity contribution in [3.05, 3.63) is 78.5 Å². The first-order chi connectivity index (χ1) is 18.6. The molecule has 8 heteroatoms.